The van der Waals surface area contributed by atoms with Gasteiger partial charge in [-0.25, -0.2) is 0 Å². The fourth-order valence-corrected chi connectivity index (χ4v) is 7.45. The zero-order chi connectivity index (χ0) is 26.3. The van der Waals surface area contributed by atoms with E-state index in [4.69, 9.17) is 25.6 Å². The van der Waals surface area contributed by atoms with Crippen LogP contribution < -0.4 is 0 Å². The minimum atomic E-state index is -1.53. The number of aliphatic hydroxyl groups is 1. The lowest BCUT2D eigenvalue weighted by molar-refractivity contribution is -0.133. The first-order valence-corrected chi connectivity index (χ1v) is 14.5. The molecule has 1 aliphatic heterocycles. The van der Waals surface area contributed by atoms with E-state index in [1.807, 2.05) is 75.9 Å². The molecule has 1 amide bonds. The molecule has 1 fully saturated rings. The summed E-state index contributed by atoms with van der Waals surface area (Å²) in [5, 5.41) is 12.8. The minimum Gasteiger partial charge on any atom is -0.378 e. The molecule has 2 aromatic rings. The molecule has 4 rings (SSSR count). The molecule has 2 heterocycles. The number of piperidine rings is 1. The van der Waals surface area contributed by atoms with Gasteiger partial charge in [-0.2, -0.15) is 0 Å². The van der Waals surface area contributed by atoms with Gasteiger partial charge in [0.2, 0.25) is 5.91 Å². The molecule has 8 heteroatoms. The average Bonchev–Trinajstić information content (AvgIpc) is 3.04. The Hall–Kier alpha value is -1.82. The van der Waals surface area contributed by atoms with Crippen molar-refractivity contribution in [1.82, 2.24) is 9.88 Å². The number of halogens is 1. The fraction of sp³-hybridized carbons (Fsp3) is 0.500. The normalized spacial score (nSPS) is 20.2. The lowest BCUT2D eigenvalue weighted by Crippen LogP contribution is -2.58. The number of rotatable bonds is 7. The molecule has 6 nitrogen and oxygen atoms in total. The third kappa shape index (κ3) is 5.12. The Morgan fingerprint density at radius 3 is 2.33 bits per heavy atom. The van der Waals surface area contributed by atoms with E-state index in [0.717, 1.165) is 16.7 Å². The van der Waals surface area contributed by atoms with Gasteiger partial charge in [-0.05, 0) is 61.6 Å². The van der Waals surface area contributed by atoms with Crippen LogP contribution in [-0.2, 0) is 19.4 Å². The smallest absolute Gasteiger partial charge is 0.222 e. The van der Waals surface area contributed by atoms with Crippen LogP contribution in [-0.4, -0.2) is 52.4 Å². The van der Waals surface area contributed by atoms with Crippen LogP contribution >= 0.6 is 20.0 Å². The molecule has 0 radical (unpaired) electrons. The molecule has 2 aliphatic rings. The van der Waals surface area contributed by atoms with Gasteiger partial charge < -0.3 is 19.1 Å². The average molecular weight is 533 g/mol. The van der Waals surface area contributed by atoms with Crippen molar-refractivity contribution >= 4 is 38.0 Å². The number of nitrogens with zero attached hydrogens (tertiary/aromatic N) is 2. The maximum atomic E-state index is 13.0. The Morgan fingerprint density at radius 1 is 1.08 bits per heavy atom. The highest BCUT2D eigenvalue weighted by Gasteiger charge is 2.62. The summed E-state index contributed by atoms with van der Waals surface area (Å²) in [4.78, 5) is 19.1. The summed E-state index contributed by atoms with van der Waals surface area (Å²) in [6.45, 7) is 11.7. The standard InChI is InChI=1S/C26H32ClN2O4P.C2H6/c1-4-23(30)29-16-13-25(14-17-29,34(32-5-2)33-6-3)26(31)22-12-11-21(27)18-20(22)10-9-19-8-7-15-28-24(19)26;1-2/h7-12,15,18,31H,4-6,13-14,16-17H2,1-3H3;1-2H3. The summed E-state index contributed by atoms with van der Waals surface area (Å²) >= 11 is 6.37. The molecule has 0 spiro atoms. The number of pyridine rings is 1. The van der Waals surface area contributed by atoms with Crippen LogP contribution in [0, 0.1) is 0 Å². The number of amides is 1. The molecule has 1 N–H and O–H groups in total. The highest BCUT2D eigenvalue weighted by atomic mass is 35.5. The predicted molar refractivity (Wildman–Crippen MR) is 148 cm³/mol. The zero-order valence-electron chi connectivity index (χ0n) is 22.0. The van der Waals surface area contributed by atoms with E-state index in [-0.39, 0.29) is 5.91 Å². The van der Waals surface area contributed by atoms with Gasteiger partial charge in [-0.15, -0.1) is 0 Å². The van der Waals surface area contributed by atoms with E-state index in [0.29, 0.717) is 56.3 Å². The van der Waals surface area contributed by atoms with Crippen LogP contribution in [0.15, 0.2) is 36.5 Å². The van der Waals surface area contributed by atoms with E-state index < -0.39 is 19.1 Å². The van der Waals surface area contributed by atoms with Crippen LogP contribution in [0.4, 0.5) is 0 Å². The van der Waals surface area contributed by atoms with Gasteiger partial charge in [0.25, 0.3) is 0 Å². The van der Waals surface area contributed by atoms with Gasteiger partial charge in [-0.1, -0.05) is 56.7 Å². The molecule has 36 heavy (non-hydrogen) atoms. The highest BCUT2D eigenvalue weighted by molar-refractivity contribution is 7.49. The molecule has 0 saturated carbocycles. The number of fused-ring (bicyclic) bond motifs is 2. The van der Waals surface area contributed by atoms with E-state index in [1.54, 1.807) is 12.3 Å². The summed E-state index contributed by atoms with van der Waals surface area (Å²) in [5.74, 6) is 0.117. The van der Waals surface area contributed by atoms with E-state index in [2.05, 4.69) is 0 Å². The molecule has 1 saturated heterocycles. The van der Waals surface area contributed by atoms with E-state index in [9.17, 15) is 9.90 Å². The Labute approximate surface area is 221 Å². The monoisotopic (exact) mass is 532 g/mol. The maximum Gasteiger partial charge on any atom is 0.222 e. The molecule has 1 aromatic heterocycles. The number of hydrogen-bond donors (Lipinski definition) is 1. The van der Waals surface area contributed by atoms with Crippen LogP contribution in [0.25, 0.3) is 12.2 Å². The van der Waals surface area contributed by atoms with Gasteiger partial charge >= 0.3 is 0 Å². The largest absolute Gasteiger partial charge is 0.378 e. The summed E-state index contributed by atoms with van der Waals surface area (Å²) in [5.41, 5.74) is 1.47. The molecule has 1 aliphatic carbocycles. The second-order valence-electron chi connectivity index (χ2n) is 8.58. The zero-order valence-corrected chi connectivity index (χ0v) is 23.6. The Bertz CT molecular complexity index is 1070. The molecule has 1 aromatic carbocycles. The number of carbonyl (C=O) groups excluding carboxylic acids is 1. The number of benzene rings is 1. The molecule has 1 unspecified atom stereocenters. The maximum absolute atomic E-state index is 13.0. The molecular weight excluding hydrogens is 495 g/mol. The summed E-state index contributed by atoms with van der Waals surface area (Å²) in [6.07, 6.45) is 7.18. The number of aromatic nitrogens is 1. The summed E-state index contributed by atoms with van der Waals surface area (Å²) < 4.78 is 12.5. The third-order valence-electron chi connectivity index (χ3n) is 6.79. The first-order chi connectivity index (χ1) is 17.4. The van der Waals surface area contributed by atoms with Crippen LogP contribution in [0.3, 0.4) is 0 Å². The van der Waals surface area contributed by atoms with E-state index >= 15 is 0 Å². The van der Waals surface area contributed by atoms with E-state index in [1.165, 1.54) is 0 Å². The minimum absolute atomic E-state index is 0.117. The van der Waals surface area contributed by atoms with Gasteiger partial charge in [0, 0.05) is 30.7 Å². The third-order valence-corrected chi connectivity index (χ3v) is 9.48. The van der Waals surface area contributed by atoms with Crippen molar-refractivity contribution in [3.63, 3.8) is 0 Å². The second-order valence-corrected chi connectivity index (χ2v) is 10.9. The first-order valence-electron chi connectivity index (χ1n) is 12.9. The van der Waals surface area contributed by atoms with Crippen molar-refractivity contribution in [3.8, 4) is 0 Å². The van der Waals surface area contributed by atoms with Crippen molar-refractivity contribution < 1.29 is 18.9 Å². The van der Waals surface area contributed by atoms with Crippen LogP contribution in [0.5, 0.6) is 0 Å². The van der Waals surface area contributed by atoms with Crippen LogP contribution in [0.2, 0.25) is 5.02 Å². The quantitative estimate of drug-likeness (QED) is 0.405. The predicted octanol–water partition coefficient (Wildman–Crippen LogP) is 6.64. The SMILES string of the molecule is CC.CCOP(OCC)C1(C2(O)c3ccc(Cl)cc3C=Cc3cccnc32)CCN(C(=O)CC)CC1. The lowest BCUT2D eigenvalue weighted by Gasteiger charge is -2.53. The van der Waals surface area contributed by atoms with Gasteiger partial charge in [-0.3, -0.25) is 9.78 Å². The van der Waals surface area contributed by atoms with Crippen molar-refractivity contribution in [3.05, 3.63) is 63.9 Å². The van der Waals surface area contributed by atoms with Crippen molar-refractivity contribution in [2.24, 2.45) is 0 Å². The molecular formula is C28H38ClN2O4P. The molecule has 196 valence electrons. The number of hydrogen-bond acceptors (Lipinski definition) is 5. The summed E-state index contributed by atoms with van der Waals surface area (Å²) in [6, 6.07) is 9.40. The summed E-state index contributed by atoms with van der Waals surface area (Å²) in [7, 11) is -1.53. The van der Waals surface area contributed by atoms with Gasteiger partial charge in [0.1, 0.15) is 5.60 Å². The lowest BCUT2D eigenvalue weighted by atomic mass is 9.71. The fourth-order valence-electron chi connectivity index (χ4n) is 5.18. The second kappa shape index (κ2) is 12.6. The van der Waals surface area contributed by atoms with Gasteiger partial charge in [0.15, 0.2) is 8.38 Å². The van der Waals surface area contributed by atoms with Crippen molar-refractivity contribution in [2.75, 3.05) is 26.3 Å². The highest BCUT2D eigenvalue weighted by Crippen LogP contribution is 2.66. The molecule has 1 atom stereocenters. The topological polar surface area (TPSA) is 71.9 Å². The van der Waals surface area contributed by atoms with Crippen LogP contribution in [0.1, 0.15) is 76.3 Å². The van der Waals surface area contributed by atoms with Crippen molar-refractivity contribution in [1.29, 1.82) is 0 Å². The Kier molecular flexibility index (Phi) is 10.1. The Morgan fingerprint density at radius 2 is 1.72 bits per heavy atom. The number of likely N-dealkylation sites (tertiary alicyclic amines) is 1. The first kappa shape index (κ1) is 28.7. The number of carbonyl (C=O) groups is 1. The van der Waals surface area contributed by atoms with Crippen molar-refractivity contribution in [2.45, 2.75) is 64.6 Å². The Balaban J connectivity index is 0.00000176. The molecule has 0 bridgehead atoms. The van der Waals surface area contributed by atoms with Gasteiger partial charge in [0.05, 0.1) is 24.1 Å².